The maximum Gasteiger partial charge on any atom is 0.138 e. The van der Waals surface area contributed by atoms with E-state index in [2.05, 4.69) is 22.4 Å². The highest BCUT2D eigenvalue weighted by Crippen LogP contribution is 2.32. The molecule has 0 aliphatic carbocycles. The summed E-state index contributed by atoms with van der Waals surface area (Å²) in [6.07, 6.45) is 4.21. The lowest BCUT2D eigenvalue weighted by molar-refractivity contribution is 0.474. The third-order valence-electron chi connectivity index (χ3n) is 5.73. The Hall–Kier alpha value is -3.43. The number of aromatic nitrogens is 3. The van der Waals surface area contributed by atoms with E-state index >= 15 is 0 Å². The molecule has 174 valence electrons. The van der Waals surface area contributed by atoms with Gasteiger partial charge in [-0.2, -0.15) is 5.10 Å². The van der Waals surface area contributed by atoms with Gasteiger partial charge in [0, 0.05) is 25.4 Å². The number of phenols is 1. The zero-order chi connectivity index (χ0) is 22.8. The van der Waals surface area contributed by atoms with Crippen molar-refractivity contribution in [2.45, 2.75) is 26.8 Å². The third-order valence-corrected chi connectivity index (χ3v) is 6.69. The summed E-state index contributed by atoms with van der Waals surface area (Å²) in [6, 6.07) is 13.3. The fraction of sp³-hybridized carbons (Fsp3) is 0.250. The number of anilines is 2. The molecule has 0 saturated carbocycles. The van der Waals surface area contributed by atoms with Gasteiger partial charge in [-0.25, -0.2) is 9.19 Å². The highest BCUT2D eigenvalue weighted by molar-refractivity contribution is 7.85. The van der Waals surface area contributed by atoms with Crippen molar-refractivity contribution in [3.05, 3.63) is 65.4 Å². The predicted molar refractivity (Wildman–Crippen MR) is 135 cm³/mol. The molecule has 1 atom stereocenters. The van der Waals surface area contributed by atoms with Crippen molar-refractivity contribution in [3.8, 4) is 17.0 Å². The average molecular weight is 468 g/mol. The molecule has 0 fully saturated rings. The SMILES string of the molecule is CCc1cc(O)ccc1-c1cc2[nH]ncc2c(NCc2c(C)cccc2N(C)S(C)=O)n1.O. The van der Waals surface area contributed by atoms with Gasteiger partial charge in [-0.05, 0) is 60.4 Å². The van der Waals surface area contributed by atoms with E-state index < -0.39 is 11.0 Å². The molecule has 8 nitrogen and oxygen atoms in total. The van der Waals surface area contributed by atoms with Gasteiger partial charge in [-0.1, -0.05) is 19.1 Å². The Morgan fingerprint density at radius 3 is 2.73 bits per heavy atom. The quantitative estimate of drug-likeness (QED) is 0.382. The number of rotatable bonds is 7. The molecule has 0 amide bonds. The van der Waals surface area contributed by atoms with Crippen LogP contribution >= 0.6 is 0 Å². The molecule has 2 heterocycles. The molecule has 9 heteroatoms. The Labute approximate surface area is 195 Å². The molecule has 0 aliphatic rings. The highest BCUT2D eigenvalue weighted by atomic mass is 32.2. The number of pyridine rings is 1. The molecule has 2 aromatic heterocycles. The number of phenolic OH excluding ortho intramolecular Hbond substituents is 1. The van der Waals surface area contributed by atoms with Crippen molar-refractivity contribution in [2.75, 3.05) is 22.9 Å². The highest BCUT2D eigenvalue weighted by Gasteiger charge is 2.15. The van der Waals surface area contributed by atoms with Crippen LogP contribution in [0.3, 0.4) is 0 Å². The van der Waals surface area contributed by atoms with Gasteiger partial charge in [-0.15, -0.1) is 0 Å². The molecule has 4 rings (SSSR count). The van der Waals surface area contributed by atoms with Gasteiger partial charge >= 0.3 is 0 Å². The van der Waals surface area contributed by atoms with Gasteiger partial charge in [-0.3, -0.25) is 9.40 Å². The molecule has 2 aromatic carbocycles. The number of aromatic amines is 1. The van der Waals surface area contributed by atoms with E-state index in [1.807, 2.05) is 44.3 Å². The Bertz CT molecular complexity index is 1300. The molecule has 5 N–H and O–H groups in total. The topological polar surface area (TPSA) is 126 Å². The normalized spacial score (nSPS) is 11.8. The summed E-state index contributed by atoms with van der Waals surface area (Å²) in [5, 5.41) is 21.5. The van der Waals surface area contributed by atoms with E-state index in [0.29, 0.717) is 6.54 Å². The lowest BCUT2D eigenvalue weighted by Gasteiger charge is -2.21. The number of hydrogen-bond acceptors (Lipinski definition) is 5. The largest absolute Gasteiger partial charge is 0.508 e. The third kappa shape index (κ3) is 4.84. The number of benzene rings is 2. The maximum absolute atomic E-state index is 12.1. The number of nitrogens with zero attached hydrogens (tertiary/aromatic N) is 3. The van der Waals surface area contributed by atoms with E-state index in [1.165, 1.54) is 0 Å². The first kappa shape index (κ1) is 24.2. The minimum absolute atomic E-state index is 0. The van der Waals surface area contributed by atoms with Gasteiger partial charge < -0.3 is 15.9 Å². The Morgan fingerprint density at radius 1 is 1.21 bits per heavy atom. The fourth-order valence-electron chi connectivity index (χ4n) is 3.86. The molecule has 0 spiro atoms. The second-order valence-corrected chi connectivity index (χ2v) is 9.13. The van der Waals surface area contributed by atoms with Crippen molar-refractivity contribution in [3.63, 3.8) is 0 Å². The fourth-order valence-corrected chi connectivity index (χ4v) is 4.31. The van der Waals surface area contributed by atoms with Crippen LogP contribution in [0.4, 0.5) is 11.5 Å². The number of aryl methyl sites for hydroxylation is 2. The molecule has 4 aromatic rings. The number of hydrogen-bond donors (Lipinski definition) is 3. The summed E-state index contributed by atoms with van der Waals surface area (Å²) >= 11 is 0. The second kappa shape index (κ2) is 10.0. The van der Waals surface area contributed by atoms with Crippen LogP contribution in [-0.4, -0.2) is 43.3 Å². The van der Waals surface area contributed by atoms with Gasteiger partial charge in [0.2, 0.25) is 0 Å². The zero-order valence-corrected chi connectivity index (χ0v) is 20.0. The van der Waals surface area contributed by atoms with Crippen molar-refractivity contribution in [2.24, 2.45) is 0 Å². The van der Waals surface area contributed by atoms with Crippen LogP contribution in [0.2, 0.25) is 0 Å². The standard InChI is InChI=1S/C24H27N5O2S.H2O/c1-5-16-11-17(30)9-10-18(16)21-12-22-20(14-26-28-22)24(27-21)25-13-19-15(2)7-6-8-23(19)29(3)32(4)31;/h6-12,14,30H,5,13H2,1-4H3,(H,25,27)(H,26,28);1H2. The van der Waals surface area contributed by atoms with Gasteiger partial charge in [0.1, 0.15) is 22.6 Å². The van der Waals surface area contributed by atoms with Crippen LogP contribution in [0.15, 0.2) is 48.7 Å². The summed E-state index contributed by atoms with van der Waals surface area (Å²) in [4.78, 5) is 4.91. The number of H-pyrrole nitrogens is 1. The van der Waals surface area contributed by atoms with Crippen molar-refractivity contribution < 1.29 is 14.8 Å². The van der Waals surface area contributed by atoms with Crippen LogP contribution in [0.5, 0.6) is 5.75 Å². The number of fused-ring (bicyclic) bond motifs is 1. The molecule has 0 bridgehead atoms. The Kier molecular flexibility index (Phi) is 7.35. The Morgan fingerprint density at radius 2 is 2.00 bits per heavy atom. The van der Waals surface area contributed by atoms with E-state index in [1.54, 1.807) is 28.9 Å². The first-order valence-corrected chi connectivity index (χ1v) is 12.0. The van der Waals surface area contributed by atoms with E-state index in [9.17, 15) is 9.32 Å². The molecule has 0 radical (unpaired) electrons. The molecule has 1 unspecified atom stereocenters. The van der Waals surface area contributed by atoms with Gasteiger partial charge in [0.15, 0.2) is 0 Å². The van der Waals surface area contributed by atoms with Crippen molar-refractivity contribution in [1.29, 1.82) is 0 Å². The molecular formula is C24H29N5O3S. The maximum atomic E-state index is 12.1. The summed E-state index contributed by atoms with van der Waals surface area (Å²) < 4.78 is 13.9. The van der Waals surface area contributed by atoms with Gasteiger partial charge in [0.05, 0.1) is 28.5 Å². The smallest absolute Gasteiger partial charge is 0.138 e. The second-order valence-electron chi connectivity index (χ2n) is 7.73. The van der Waals surface area contributed by atoms with Gasteiger partial charge in [0.25, 0.3) is 0 Å². The number of aromatic hydroxyl groups is 1. The first-order valence-electron chi connectivity index (χ1n) is 10.4. The van der Waals surface area contributed by atoms with E-state index in [0.717, 1.165) is 56.8 Å². The molecular weight excluding hydrogens is 438 g/mol. The molecule has 0 saturated heterocycles. The summed E-state index contributed by atoms with van der Waals surface area (Å²) in [5.74, 6) is 0.965. The first-order chi connectivity index (χ1) is 15.4. The molecule has 0 aliphatic heterocycles. The van der Waals surface area contributed by atoms with Crippen LogP contribution in [-0.2, 0) is 24.0 Å². The van der Waals surface area contributed by atoms with E-state index in [4.69, 9.17) is 4.98 Å². The summed E-state index contributed by atoms with van der Waals surface area (Å²) in [5.41, 5.74) is 6.77. The number of nitrogens with one attached hydrogen (secondary N) is 2. The molecule has 33 heavy (non-hydrogen) atoms. The lowest BCUT2D eigenvalue weighted by Crippen LogP contribution is -2.21. The van der Waals surface area contributed by atoms with E-state index in [-0.39, 0.29) is 11.2 Å². The average Bonchev–Trinajstić information content (AvgIpc) is 3.26. The van der Waals surface area contributed by atoms with Crippen LogP contribution in [0.25, 0.3) is 22.2 Å². The minimum atomic E-state index is -1.12. The van der Waals surface area contributed by atoms with Crippen LogP contribution in [0.1, 0.15) is 23.6 Å². The van der Waals surface area contributed by atoms with Crippen LogP contribution < -0.4 is 9.62 Å². The predicted octanol–water partition coefficient (Wildman–Crippen LogP) is 3.72. The Balaban J connectivity index is 0.00000306. The summed E-state index contributed by atoms with van der Waals surface area (Å²) in [6.45, 7) is 4.63. The lowest BCUT2D eigenvalue weighted by atomic mass is 10.0. The summed E-state index contributed by atoms with van der Waals surface area (Å²) in [7, 11) is 0.708. The minimum Gasteiger partial charge on any atom is -0.508 e. The zero-order valence-electron chi connectivity index (χ0n) is 19.1. The van der Waals surface area contributed by atoms with Crippen molar-refractivity contribution in [1.82, 2.24) is 15.2 Å². The van der Waals surface area contributed by atoms with Crippen LogP contribution in [0, 0.1) is 6.92 Å². The monoisotopic (exact) mass is 467 g/mol. The van der Waals surface area contributed by atoms with Crippen molar-refractivity contribution >= 4 is 33.4 Å².